The summed E-state index contributed by atoms with van der Waals surface area (Å²) in [5.41, 5.74) is 1.35. The fourth-order valence-corrected chi connectivity index (χ4v) is 4.88. The van der Waals surface area contributed by atoms with Crippen LogP contribution in [0.25, 0.3) is 11.3 Å². The first-order valence-electron chi connectivity index (χ1n) is 12.9. The molecule has 0 spiro atoms. The largest absolute Gasteiger partial charge is 0.376 e. The zero-order chi connectivity index (χ0) is 27.7. The Bertz CT molecular complexity index is 1370. The fourth-order valence-electron chi connectivity index (χ4n) is 4.88. The molecule has 1 saturated heterocycles. The Balaban J connectivity index is 1.36. The minimum Gasteiger partial charge on any atom is -0.376 e. The summed E-state index contributed by atoms with van der Waals surface area (Å²) in [4.78, 5) is 39.6. The van der Waals surface area contributed by atoms with Crippen molar-refractivity contribution in [1.29, 1.82) is 0 Å². The first-order chi connectivity index (χ1) is 18.6. The molecule has 0 bridgehead atoms. The van der Waals surface area contributed by atoms with Crippen LogP contribution in [0.15, 0.2) is 36.7 Å². The highest BCUT2D eigenvalue weighted by Gasteiger charge is 2.38. The molecule has 2 aliphatic rings. The van der Waals surface area contributed by atoms with E-state index in [0.29, 0.717) is 67.7 Å². The van der Waals surface area contributed by atoms with Gasteiger partial charge in [0.15, 0.2) is 11.6 Å². The predicted molar refractivity (Wildman–Crippen MR) is 139 cm³/mol. The molecule has 0 aliphatic carbocycles. The van der Waals surface area contributed by atoms with E-state index in [9.17, 15) is 18.4 Å². The molecule has 1 N–H and O–H groups in total. The molecule has 10 nitrogen and oxygen atoms in total. The lowest BCUT2D eigenvalue weighted by Crippen LogP contribution is -2.59. The SMILES string of the molecule is CC(C)(C)C(NC(=O)n1nc(-c2ccc(F)c(F)c2)c2c1CCOC2)C(=O)N1CCN(c2ncccn2)CC1. The number of fused-ring (bicyclic) bond motifs is 1. The highest BCUT2D eigenvalue weighted by molar-refractivity contribution is 5.89. The summed E-state index contributed by atoms with van der Waals surface area (Å²) >= 11 is 0. The predicted octanol–water partition coefficient (Wildman–Crippen LogP) is 3.01. The molecule has 1 fully saturated rings. The maximum Gasteiger partial charge on any atom is 0.343 e. The van der Waals surface area contributed by atoms with Crippen LogP contribution in [0.3, 0.4) is 0 Å². The van der Waals surface area contributed by atoms with Crippen LogP contribution in [0.1, 0.15) is 32.0 Å². The van der Waals surface area contributed by atoms with E-state index in [1.807, 2.05) is 25.7 Å². The van der Waals surface area contributed by atoms with Gasteiger partial charge in [-0.15, -0.1) is 0 Å². The van der Waals surface area contributed by atoms with Crippen molar-refractivity contribution in [2.24, 2.45) is 5.41 Å². The number of nitrogens with zero attached hydrogens (tertiary/aromatic N) is 6. The second-order valence-corrected chi connectivity index (χ2v) is 10.7. The maximum atomic E-state index is 14.0. The Hall–Kier alpha value is -3.93. The van der Waals surface area contributed by atoms with Gasteiger partial charge in [-0.2, -0.15) is 9.78 Å². The lowest BCUT2D eigenvalue weighted by molar-refractivity contribution is -0.136. The Morgan fingerprint density at radius 3 is 2.44 bits per heavy atom. The molecule has 0 saturated carbocycles. The van der Waals surface area contributed by atoms with E-state index >= 15 is 0 Å². The third kappa shape index (κ3) is 5.47. The van der Waals surface area contributed by atoms with E-state index in [-0.39, 0.29) is 12.5 Å². The highest BCUT2D eigenvalue weighted by Crippen LogP contribution is 2.30. The Morgan fingerprint density at radius 1 is 1.05 bits per heavy atom. The van der Waals surface area contributed by atoms with Crippen LogP contribution >= 0.6 is 0 Å². The third-order valence-electron chi connectivity index (χ3n) is 7.01. The summed E-state index contributed by atoms with van der Waals surface area (Å²) in [5, 5.41) is 7.38. The van der Waals surface area contributed by atoms with Crippen molar-refractivity contribution in [3.05, 3.63) is 59.6 Å². The van der Waals surface area contributed by atoms with E-state index < -0.39 is 29.1 Å². The Morgan fingerprint density at radius 2 is 1.77 bits per heavy atom. The lowest BCUT2D eigenvalue weighted by atomic mass is 9.85. The third-order valence-corrected chi connectivity index (χ3v) is 7.01. The van der Waals surface area contributed by atoms with Gasteiger partial charge in [0.25, 0.3) is 0 Å². The zero-order valence-corrected chi connectivity index (χ0v) is 22.2. The molecule has 2 amide bonds. The minimum absolute atomic E-state index is 0.185. The normalized spacial score (nSPS) is 16.5. The van der Waals surface area contributed by atoms with Gasteiger partial charge in [0.05, 0.1) is 24.6 Å². The second kappa shape index (κ2) is 10.7. The summed E-state index contributed by atoms with van der Waals surface area (Å²) in [6.07, 6.45) is 3.78. The smallest absolute Gasteiger partial charge is 0.343 e. The van der Waals surface area contributed by atoms with E-state index in [2.05, 4.69) is 20.4 Å². The number of aromatic nitrogens is 4. The monoisotopic (exact) mass is 539 g/mol. The molecule has 2 aliphatic heterocycles. The first kappa shape index (κ1) is 26.7. The number of hydrogen-bond donors (Lipinski definition) is 1. The molecule has 1 unspecified atom stereocenters. The number of piperazine rings is 1. The Labute approximate surface area is 225 Å². The summed E-state index contributed by atoms with van der Waals surface area (Å²) in [5.74, 6) is -1.54. The molecule has 1 atom stereocenters. The first-order valence-corrected chi connectivity index (χ1v) is 12.9. The van der Waals surface area contributed by atoms with Gasteiger partial charge >= 0.3 is 6.03 Å². The highest BCUT2D eigenvalue weighted by atomic mass is 19.2. The molecular formula is C27H31F2N7O3. The maximum absolute atomic E-state index is 14.0. The van der Waals surface area contributed by atoms with Gasteiger partial charge in [0.1, 0.15) is 6.04 Å². The van der Waals surface area contributed by atoms with Gasteiger partial charge in [-0.05, 0) is 29.7 Å². The van der Waals surface area contributed by atoms with Gasteiger partial charge in [0, 0.05) is 56.1 Å². The van der Waals surface area contributed by atoms with Crippen molar-refractivity contribution in [2.75, 3.05) is 37.7 Å². The van der Waals surface area contributed by atoms with E-state index in [1.54, 1.807) is 23.4 Å². The van der Waals surface area contributed by atoms with Gasteiger partial charge in [-0.25, -0.2) is 23.5 Å². The molecular weight excluding hydrogens is 508 g/mol. The van der Waals surface area contributed by atoms with Crippen molar-refractivity contribution in [3.8, 4) is 11.3 Å². The number of halogens is 2. The molecule has 12 heteroatoms. The van der Waals surface area contributed by atoms with Crippen LogP contribution in [0.5, 0.6) is 0 Å². The van der Waals surface area contributed by atoms with Crippen LogP contribution in [0, 0.1) is 17.0 Å². The average molecular weight is 540 g/mol. The minimum atomic E-state index is -1.01. The number of hydrogen-bond acceptors (Lipinski definition) is 7. The molecule has 4 heterocycles. The van der Waals surface area contributed by atoms with Crippen LogP contribution in [-0.4, -0.2) is 75.4 Å². The topological polar surface area (TPSA) is 105 Å². The lowest BCUT2D eigenvalue weighted by Gasteiger charge is -2.39. The van der Waals surface area contributed by atoms with Gasteiger partial charge in [-0.1, -0.05) is 20.8 Å². The number of carbonyl (C=O) groups excluding carboxylic acids is 2. The number of benzene rings is 1. The fraction of sp³-hybridized carbons (Fsp3) is 0.444. The van der Waals surface area contributed by atoms with Gasteiger partial charge < -0.3 is 19.9 Å². The number of carbonyl (C=O) groups is 2. The number of rotatable bonds is 4. The molecule has 2 aromatic heterocycles. The number of nitrogens with one attached hydrogen (secondary N) is 1. The molecule has 5 rings (SSSR count). The van der Waals surface area contributed by atoms with Crippen molar-refractivity contribution in [3.63, 3.8) is 0 Å². The number of anilines is 1. The number of amides is 2. The van der Waals surface area contributed by atoms with Crippen molar-refractivity contribution in [1.82, 2.24) is 30.0 Å². The van der Waals surface area contributed by atoms with Crippen LogP contribution in [-0.2, 0) is 22.6 Å². The molecule has 206 valence electrons. The summed E-state index contributed by atoms with van der Waals surface area (Å²) < 4.78 is 34.3. The van der Waals surface area contributed by atoms with Crippen molar-refractivity contribution < 1.29 is 23.1 Å². The van der Waals surface area contributed by atoms with E-state index in [4.69, 9.17) is 4.74 Å². The second-order valence-electron chi connectivity index (χ2n) is 10.7. The average Bonchev–Trinajstić information content (AvgIpc) is 3.33. The summed E-state index contributed by atoms with van der Waals surface area (Å²) in [7, 11) is 0. The molecule has 3 aromatic rings. The zero-order valence-electron chi connectivity index (χ0n) is 22.2. The Kier molecular flexibility index (Phi) is 7.30. The standard InChI is InChI=1S/C27H31F2N7O3/c1-27(2,3)23(24(37)34-10-12-35(13-11-34)25-30-8-4-9-31-25)32-26(38)36-21-7-14-39-16-18(21)22(33-36)17-5-6-19(28)20(29)15-17/h4-6,8-9,15,23H,7,10-14,16H2,1-3H3,(H,32,38). The van der Waals surface area contributed by atoms with Crippen LogP contribution in [0.4, 0.5) is 19.5 Å². The molecule has 1 aromatic carbocycles. The van der Waals surface area contributed by atoms with E-state index in [1.165, 1.54) is 10.7 Å². The van der Waals surface area contributed by atoms with Crippen molar-refractivity contribution >= 4 is 17.9 Å². The van der Waals surface area contributed by atoms with Crippen LogP contribution < -0.4 is 10.2 Å². The molecule has 39 heavy (non-hydrogen) atoms. The van der Waals surface area contributed by atoms with Gasteiger partial charge in [0.2, 0.25) is 11.9 Å². The number of ether oxygens (including phenoxy) is 1. The van der Waals surface area contributed by atoms with E-state index in [0.717, 1.165) is 12.1 Å². The summed E-state index contributed by atoms with van der Waals surface area (Å²) in [6.45, 7) is 8.33. The van der Waals surface area contributed by atoms with Gasteiger partial charge in [-0.3, -0.25) is 4.79 Å². The quantitative estimate of drug-likeness (QED) is 0.544. The molecule has 0 radical (unpaired) electrons. The van der Waals surface area contributed by atoms with Crippen LogP contribution in [0.2, 0.25) is 0 Å². The summed E-state index contributed by atoms with van der Waals surface area (Å²) in [6, 6.07) is 3.86. The van der Waals surface area contributed by atoms with Crippen molar-refractivity contribution in [2.45, 2.75) is 39.8 Å².